The van der Waals surface area contributed by atoms with Crippen molar-refractivity contribution in [3.05, 3.63) is 35.9 Å². The normalized spacial score (nSPS) is 24.8. The number of carbonyl (C=O) groups is 2. The molecule has 1 aromatic rings. The number of nitrogens with zero attached hydrogens (tertiary/aromatic N) is 3. The lowest BCUT2D eigenvalue weighted by atomic mass is 9.81. The van der Waals surface area contributed by atoms with E-state index in [0.29, 0.717) is 6.54 Å². The minimum atomic E-state index is -0.580. The summed E-state index contributed by atoms with van der Waals surface area (Å²) >= 11 is 0. The van der Waals surface area contributed by atoms with Gasteiger partial charge < -0.3 is 14.7 Å². The predicted octanol–water partition coefficient (Wildman–Crippen LogP) is 2.70. The molecule has 28 heavy (non-hydrogen) atoms. The molecule has 4 rings (SSSR count). The summed E-state index contributed by atoms with van der Waals surface area (Å²) in [5.41, 5.74) is 0.808. The van der Waals surface area contributed by atoms with Crippen LogP contribution >= 0.6 is 0 Å². The second-order valence-electron chi connectivity index (χ2n) is 8.61. The molecule has 3 aliphatic heterocycles. The predicted molar refractivity (Wildman–Crippen MR) is 110 cm³/mol. The van der Waals surface area contributed by atoms with Crippen molar-refractivity contribution < 1.29 is 9.59 Å². The molecule has 0 bridgehead atoms. The Hall–Kier alpha value is -1.88. The van der Waals surface area contributed by atoms with Gasteiger partial charge in [0.15, 0.2) is 0 Å². The maximum atomic E-state index is 13.4. The van der Waals surface area contributed by atoms with Crippen LogP contribution in [0.1, 0.15) is 51.0 Å². The minimum Gasteiger partial charge on any atom is -0.329 e. The van der Waals surface area contributed by atoms with E-state index < -0.39 is 5.54 Å². The number of carbonyl (C=O) groups excluding carboxylic acids is 2. The molecule has 1 spiro atoms. The zero-order chi connectivity index (χ0) is 19.6. The number of rotatable bonds is 6. The zero-order valence-electron chi connectivity index (χ0n) is 17.1. The molecule has 0 aliphatic carbocycles. The van der Waals surface area contributed by atoms with Gasteiger partial charge in [0.05, 0.1) is 0 Å². The molecule has 3 saturated heterocycles. The maximum Gasteiger partial charge on any atom is 0.249 e. The molecule has 3 aliphatic rings. The smallest absolute Gasteiger partial charge is 0.249 e. The van der Waals surface area contributed by atoms with E-state index in [1.165, 1.54) is 5.56 Å². The molecule has 1 atom stereocenters. The average molecular weight is 384 g/mol. The molecule has 1 aromatic carbocycles. The van der Waals surface area contributed by atoms with Gasteiger partial charge in [-0.25, -0.2) is 0 Å². The van der Waals surface area contributed by atoms with Crippen molar-refractivity contribution in [2.75, 3.05) is 32.7 Å². The van der Waals surface area contributed by atoms with Crippen molar-refractivity contribution in [1.29, 1.82) is 0 Å². The van der Waals surface area contributed by atoms with E-state index in [4.69, 9.17) is 0 Å². The van der Waals surface area contributed by atoms with Crippen LogP contribution in [0.2, 0.25) is 0 Å². The van der Waals surface area contributed by atoms with E-state index in [0.717, 1.165) is 71.1 Å². The van der Waals surface area contributed by atoms with Crippen molar-refractivity contribution in [3.8, 4) is 0 Å². The number of hydrogen-bond donors (Lipinski definition) is 0. The fourth-order valence-corrected chi connectivity index (χ4v) is 5.37. The summed E-state index contributed by atoms with van der Waals surface area (Å²) in [6.45, 7) is 6.46. The number of aryl methyl sites for hydroxylation is 1. The van der Waals surface area contributed by atoms with Crippen LogP contribution in [-0.2, 0) is 16.0 Å². The van der Waals surface area contributed by atoms with E-state index in [9.17, 15) is 9.59 Å². The highest BCUT2D eigenvalue weighted by Crippen LogP contribution is 2.39. The quantitative estimate of drug-likeness (QED) is 0.759. The van der Waals surface area contributed by atoms with E-state index >= 15 is 0 Å². The lowest BCUT2D eigenvalue weighted by Gasteiger charge is -2.53. The molecule has 3 fully saturated rings. The maximum absolute atomic E-state index is 13.4. The van der Waals surface area contributed by atoms with Crippen LogP contribution < -0.4 is 0 Å². The van der Waals surface area contributed by atoms with Gasteiger partial charge in [0.1, 0.15) is 11.6 Å². The first-order valence-corrected chi connectivity index (χ1v) is 11.0. The molecule has 5 nitrogen and oxygen atoms in total. The Labute approximate surface area is 168 Å². The fraction of sp³-hybridized carbons (Fsp3) is 0.652. The minimum absolute atomic E-state index is 0.187. The van der Waals surface area contributed by atoms with Gasteiger partial charge in [0.25, 0.3) is 0 Å². The van der Waals surface area contributed by atoms with Crippen LogP contribution in [0.5, 0.6) is 0 Å². The van der Waals surface area contributed by atoms with Crippen LogP contribution in [0.15, 0.2) is 30.3 Å². The number of hydrogen-bond acceptors (Lipinski definition) is 3. The van der Waals surface area contributed by atoms with E-state index in [1.54, 1.807) is 0 Å². The van der Waals surface area contributed by atoms with Gasteiger partial charge in [-0.15, -0.1) is 0 Å². The average Bonchev–Trinajstić information content (AvgIpc) is 3.22. The molecule has 5 heteroatoms. The molecule has 0 radical (unpaired) electrons. The summed E-state index contributed by atoms with van der Waals surface area (Å²) in [6.07, 6.45) is 6.51. The molecule has 0 aromatic heterocycles. The van der Waals surface area contributed by atoms with Crippen LogP contribution in [-0.4, -0.2) is 70.8 Å². The first kappa shape index (κ1) is 19.4. The highest BCUT2D eigenvalue weighted by molar-refractivity contribution is 6.00. The lowest BCUT2D eigenvalue weighted by molar-refractivity contribution is -0.172. The monoisotopic (exact) mass is 383 g/mol. The number of fused-ring (bicyclic) bond motifs is 1. The zero-order valence-corrected chi connectivity index (χ0v) is 17.1. The highest BCUT2D eigenvalue weighted by Gasteiger charge is 2.57. The molecule has 1 unspecified atom stereocenters. The summed E-state index contributed by atoms with van der Waals surface area (Å²) in [7, 11) is 0. The molecular formula is C23H33N3O2. The summed E-state index contributed by atoms with van der Waals surface area (Å²) in [4.78, 5) is 32.9. The van der Waals surface area contributed by atoms with Gasteiger partial charge in [-0.05, 0) is 57.1 Å². The third-order valence-corrected chi connectivity index (χ3v) is 6.89. The van der Waals surface area contributed by atoms with E-state index in [-0.39, 0.29) is 17.9 Å². The summed E-state index contributed by atoms with van der Waals surface area (Å²) in [5, 5.41) is 0. The molecular weight excluding hydrogens is 350 g/mol. The molecule has 3 heterocycles. The first-order valence-electron chi connectivity index (χ1n) is 11.0. The Kier molecular flexibility index (Phi) is 5.72. The number of piperidine rings is 1. The SMILES string of the molecule is CCCN1C(=O)C2CCCN2C(=O)C12CCN(CCCc1ccccc1)CC2. The van der Waals surface area contributed by atoms with Crippen molar-refractivity contribution in [2.45, 2.75) is 63.5 Å². The van der Waals surface area contributed by atoms with Crippen molar-refractivity contribution in [3.63, 3.8) is 0 Å². The third-order valence-electron chi connectivity index (χ3n) is 6.89. The van der Waals surface area contributed by atoms with E-state index in [1.807, 2.05) is 9.80 Å². The van der Waals surface area contributed by atoms with Gasteiger partial charge in [-0.1, -0.05) is 37.3 Å². The van der Waals surface area contributed by atoms with Crippen LogP contribution in [0.3, 0.4) is 0 Å². The number of benzene rings is 1. The summed E-state index contributed by atoms with van der Waals surface area (Å²) in [5.74, 6) is 0.434. The Morgan fingerprint density at radius 1 is 1.04 bits per heavy atom. The molecule has 152 valence electrons. The van der Waals surface area contributed by atoms with Gasteiger partial charge in [-0.3, -0.25) is 9.59 Å². The fourth-order valence-electron chi connectivity index (χ4n) is 5.37. The van der Waals surface area contributed by atoms with E-state index in [2.05, 4.69) is 42.2 Å². The second kappa shape index (κ2) is 8.24. The largest absolute Gasteiger partial charge is 0.329 e. The Bertz CT molecular complexity index is 697. The number of amides is 2. The highest BCUT2D eigenvalue weighted by atomic mass is 16.2. The van der Waals surface area contributed by atoms with Crippen LogP contribution in [0.4, 0.5) is 0 Å². The van der Waals surface area contributed by atoms with Gasteiger partial charge >= 0.3 is 0 Å². The first-order chi connectivity index (χ1) is 13.7. The number of piperazine rings is 1. The standard InChI is InChI=1S/C23H33N3O2/c1-2-14-26-21(27)20-11-7-16-25(20)22(28)23(26)12-17-24(18-13-23)15-6-10-19-8-4-3-5-9-19/h3-5,8-9,20H,2,6-7,10-18H2,1H3. The number of likely N-dealkylation sites (tertiary alicyclic amines) is 1. The van der Waals surface area contributed by atoms with Crippen LogP contribution in [0.25, 0.3) is 0 Å². The molecule has 0 N–H and O–H groups in total. The van der Waals surface area contributed by atoms with Gasteiger partial charge in [0.2, 0.25) is 11.8 Å². The molecule has 0 saturated carbocycles. The topological polar surface area (TPSA) is 43.9 Å². The van der Waals surface area contributed by atoms with Gasteiger partial charge in [-0.2, -0.15) is 0 Å². The second-order valence-corrected chi connectivity index (χ2v) is 8.61. The Morgan fingerprint density at radius 3 is 2.50 bits per heavy atom. The third kappa shape index (κ3) is 3.45. The Morgan fingerprint density at radius 2 is 1.79 bits per heavy atom. The lowest BCUT2D eigenvalue weighted by Crippen LogP contribution is -2.72. The summed E-state index contributed by atoms with van der Waals surface area (Å²) < 4.78 is 0. The van der Waals surface area contributed by atoms with Gasteiger partial charge in [0, 0.05) is 26.2 Å². The van der Waals surface area contributed by atoms with Crippen LogP contribution in [0, 0.1) is 0 Å². The Balaban J connectivity index is 1.39. The summed E-state index contributed by atoms with van der Waals surface area (Å²) in [6, 6.07) is 10.4. The van der Waals surface area contributed by atoms with Crippen molar-refractivity contribution in [2.24, 2.45) is 0 Å². The van der Waals surface area contributed by atoms with Crippen molar-refractivity contribution in [1.82, 2.24) is 14.7 Å². The van der Waals surface area contributed by atoms with Crippen molar-refractivity contribution >= 4 is 11.8 Å². The molecule has 2 amide bonds.